The number of hydrogen-bond donors (Lipinski definition) is 2. The molecule has 0 amide bonds. The molecule has 1 aromatic rings. The van der Waals surface area contributed by atoms with E-state index in [1.165, 1.54) is 12.1 Å². The lowest BCUT2D eigenvalue weighted by Gasteiger charge is -2.09. The van der Waals surface area contributed by atoms with Crippen molar-refractivity contribution in [3.05, 3.63) is 28.0 Å². The Bertz CT molecular complexity index is 412. The first-order chi connectivity index (χ1) is 8.07. The standard InChI is InChI=1S/C11H13BrFNO3/c1-17-6-2-5-14-8-4-3-7(11(15)16)9(12)10(8)13/h3-4,14H,2,5-6H2,1H3,(H,15,16). The molecule has 0 saturated carbocycles. The van der Waals surface area contributed by atoms with Crippen LogP contribution in [0.25, 0.3) is 0 Å². The van der Waals surface area contributed by atoms with Crippen LogP contribution < -0.4 is 5.32 Å². The van der Waals surface area contributed by atoms with Gasteiger partial charge in [0.2, 0.25) is 0 Å². The molecule has 0 spiro atoms. The van der Waals surface area contributed by atoms with Gasteiger partial charge in [-0.05, 0) is 34.5 Å². The Labute approximate surface area is 107 Å². The van der Waals surface area contributed by atoms with Crippen molar-refractivity contribution in [1.82, 2.24) is 0 Å². The van der Waals surface area contributed by atoms with Gasteiger partial charge in [0.15, 0.2) is 5.82 Å². The van der Waals surface area contributed by atoms with Crippen molar-refractivity contribution in [2.75, 3.05) is 25.6 Å². The number of anilines is 1. The van der Waals surface area contributed by atoms with E-state index < -0.39 is 11.8 Å². The molecule has 0 saturated heterocycles. The number of aromatic carboxylic acids is 1. The van der Waals surface area contributed by atoms with E-state index >= 15 is 0 Å². The molecular formula is C11H13BrFNO3. The molecule has 0 aliphatic heterocycles. The van der Waals surface area contributed by atoms with E-state index in [9.17, 15) is 9.18 Å². The summed E-state index contributed by atoms with van der Waals surface area (Å²) in [7, 11) is 1.60. The number of hydrogen-bond acceptors (Lipinski definition) is 3. The van der Waals surface area contributed by atoms with Gasteiger partial charge in [0.1, 0.15) is 0 Å². The van der Waals surface area contributed by atoms with Gasteiger partial charge in [-0.3, -0.25) is 0 Å². The maximum absolute atomic E-state index is 13.7. The zero-order valence-electron chi connectivity index (χ0n) is 9.30. The van der Waals surface area contributed by atoms with Gasteiger partial charge >= 0.3 is 5.97 Å². The normalized spacial score (nSPS) is 10.3. The molecule has 0 aliphatic rings. The van der Waals surface area contributed by atoms with Gasteiger partial charge in [-0.15, -0.1) is 0 Å². The van der Waals surface area contributed by atoms with Crippen LogP contribution in [0.15, 0.2) is 16.6 Å². The average Bonchev–Trinajstić information content (AvgIpc) is 2.29. The molecule has 1 rings (SSSR count). The largest absolute Gasteiger partial charge is 0.478 e. The lowest BCUT2D eigenvalue weighted by molar-refractivity contribution is 0.0695. The second-order valence-electron chi connectivity index (χ2n) is 3.37. The van der Waals surface area contributed by atoms with Crippen LogP contribution in [0.4, 0.5) is 10.1 Å². The molecule has 4 nitrogen and oxygen atoms in total. The quantitative estimate of drug-likeness (QED) is 0.794. The summed E-state index contributed by atoms with van der Waals surface area (Å²) in [6.07, 6.45) is 0.744. The number of carboxylic acids is 1. The fourth-order valence-corrected chi connectivity index (χ4v) is 1.81. The van der Waals surface area contributed by atoms with Gasteiger partial charge in [0, 0.05) is 20.3 Å². The highest BCUT2D eigenvalue weighted by molar-refractivity contribution is 9.10. The topological polar surface area (TPSA) is 58.6 Å². The fraction of sp³-hybridized carbons (Fsp3) is 0.364. The highest BCUT2D eigenvalue weighted by Crippen LogP contribution is 2.27. The van der Waals surface area contributed by atoms with Crippen LogP contribution in [0.5, 0.6) is 0 Å². The Hall–Kier alpha value is -1.14. The predicted octanol–water partition coefficient (Wildman–Crippen LogP) is 2.73. The number of methoxy groups -OCH3 is 1. The van der Waals surface area contributed by atoms with Crippen LogP contribution in [0.3, 0.4) is 0 Å². The van der Waals surface area contributed by atoms with Crippen molar-refractivity contribution in [2.45, 2.75) is 6.42 Å². The summed E-state index contributed by atoms with van der Waals surface area (Å²) in [4.78, 5) is 10.8. The lowest BCUT2D eigenvalue weighted by atomic mass is 10.2. The summed E-state index contributed by atoms with van der Waals surface area (Å²) in [5.41, 5.74) is 0.183. The van der Waals surface area contributed by atoms with Crippen LogP contribution in [0.1, 0.15) is 16.8 Å². The molecule has 0 atom stereocenters. The Balaban J connectivity index is 2.75. The zero-order valence-corrected chi connectivity index (χ0v) is 10.9. The number of rotatable bonds is 6. The first-order valence-electron chi connectivity index (χ1n) is 5.02. The molecule has 6 heteroatoms. The molecule has 0 unspecified atom stereocenters. The highest BCUT2D eigenvalue weighted by atomic mass is 79.9. The maximum Gasteiger partial charge on any atom is 0.336 e. The Kier molecular flexibility index (Phi) is 5.37. The Morgan fingerprint density at radius 2 is 2.29 bits per heavy atom. The molecule has 0 radical (unpaired) electrons. The second kappa shape index (κ2) is 6.56. The Morgan fingerprint density at radius 1 is 1.59 bits per heavy atom. The van der Waals surface area contributed by atoms with Crippen LogP contribution in [-0.2, 0) is 4.74 Å². The van der Waals surface area contributed by atoms with Gasteiger partial charge in [-0.1, -0.05) is 0 Å². The molecule has 0 fully saturated rings. The van der Waals surface area contributed by atoms with Crippen molar-refractivity contribution < 1.29 is 19.0 Å². The molecule has 1 aromatic carbocycles. The van der Waals surface area contributed by atoms with Crippen LogP contribution in [0.2, 0.25) is 0 Å². The van der Waals surface area contributed by atoms with E-state index in [1.54, 1.807) is 7.11 Å². The summed E-state index contributed by atoms with van der Waals surface area (Å²) >= 11 is 2.93. The van der Waals surface area contributed by atoms with E-state index in [0.717, 1.165) is 6.42 Å². The monoisotopic (exact) mass is 305 g/mol. The van der Waals surface area contributed by atoms with E-state index in [1.807, 2.05) is 0 Å². The lowest BCUT2D eigenvalue weighted by Crippen LogP contribution is -2.08. The van der Waals surface area contributed by atoms with E-state index in [-0.39, 0.29) is 15.7 Å². The van der Waals surface area contributed by atoms with E-state index in [0.29, 0.717) is 13.2 Å². The fourth-order valence-electron chi connectivity index (χ4n) is 1.29. The van der Waals surface area contributed by atoms with Gasteiger partial charge in [-0.2, -0.15) is 0 Å². The minimum absolute atomic E-state index is 0.0401. The van der Waals surface area contributed by atoms with Crippen molar-refractivity contribution >= 4 is 27.6 Å². The minimum Gasteiger partial charge on any atom is -0.478 e. The van der Waals surface area contributed by atoms with Crippen LogP contribution >= 0.6 is 15.9 Å². The SMILES string of the molecule is COCCCNc1ccc(C(=O)O)c(Br)c1F. The molecule has 0 aliphatic carbocycles. The number of carboxylic acid groups (broad SMARTS) is 1. The number of carbonyl (C=O) groups is 1. The second-order valence-corrected chi connectivity index (χ2v) is 4.16. The molecule has 2 N–H and O–H groups in total. The number of halogens is 2. The van der Waals surface area contributed by atoms with Crippen molar-refractivity contribution in [2.24, 2.45) is 0 Å². The highest BCUT2D eigenvalue weighted by Gasteiger charge is 2.15. The van der Waals surface area contributed by atoms with Gasteiger partial charge in [-0.25, -0.2) is 9.18 Å². The molecule has 94 valence electrons. The molecule has 17 heavy (non-hydrogen) atoms. The van der Waals surface area contributed by atoms with E-state index in [4.69, 9.17) is 9.84 Å². The summed E-state index contributed by atoms with van der Waals surface area (Å²) in [6.45, 7) is 1.15. The van der Waals surface area contributed by atoms with Crippen LogP contribution in [-0.4, -0.2) is 31.3 Å². The smallest absolute Gasteiger partial charge is 0.336 e. The zero-order chi connectivity index (χ0) is 12.8. The third-order valence-electron chi connectivity index (χ3n) is 2.15. The van der Waals surface area contributed by atoms with Gasteiger partial charge in [0.25, 0.3) is 0 Å². The average molecular weight is 306 g/mol. The first kappa shape index (κ1) is 13.9. The number of nitrogens with one attached hydrogen (secondary N) is 1. The predicted molar refractivity (Wildman–Crippen MR) is 66.0 cm³/mol. The summed E-state index contributed by atoms with van der Waals surface area (Å²) in [5.74, 6) is -1.76. The number of benzene rings is 1. The molecule has 0 aromatic heterocycles. The van der Waals surface area contributed by atoms with Gasteiger partial charge in [0.05, 0.1) is 15.7 Å². The van der Waals surface area contributed by atoms with Crippen LogP contribution in [0, 0.1) is 5.82 Å². The first-order valence-corrected chi connectivity index (χ1v) is 5.81. The maximum atomic E-state index is 13.7. The van der Waals surface area contributed by atoms with Gasteiger partial charge < -0.3 is 15.2 Å². The summed E-state index contributed by atoms with van der Waals surface area (Å²) < 4.78 is 18.6. The van der Waals surface area contributed by atoms with Crippen molar-refractivity contribution in [1.29, 1.82) is 0 Å². The summed E-state index contributed by atoms with van der Waals surface area (Å²) in [5, 5.41) is 11.7. The van der Waals surface area contributed by atoms with Crippen molar-refractivity contribution in [3.8, 4) is 0 Å². The molecular weight excluding hydrogens is 293 g/mol. The third-order valence-corrected chi connectivity index (χ3v) is 2.93. The summed E-state index contributed by atoms with van der Waals surface area (Å²) in [6, 6.07) is 2.77. The molecule has 0 bridgehead atoms. The third kappa shape index (κ3) is 3.67. The molecule has 0 heterocycles. The van der Waals surface area contributed by atoms with E-state index in [2.05, 4.69) is 21.2 Å². The minimum atomic E-state index is -1.17. The Morgan fingerprint density at radius 3 is 2.88 bits per heavy atom. The van der Waals surface area contributed by atoms with Crippen molar-refractivity contribution in [3.63, 3.8) is 0 Å². The number of ether oxygens (including phenoxy) is 1.